The zero-order chi connectivity index (χ0) is 20.8. The number of amides is 1. The third-order valence-electron chi connectivity index (χ3n) is 5.56. The van der Waals surface area contributed by atoms with E-state index in [4.69, 9.17) is 16.3 Å². The summed E-state index contributed by atoms with van der Waals surface area (Å²) in [5, 5.41) is 6.68. The molecule has 3 aromatic rings. The average molecular weight is 423 g/mol. The normalized spacial score (nSPS) is 13.9. The Labute approximate surface area is 182 Å². The van der Waals surface area contributed by atoms with Gasteiger partial charge in [0.1, 0.15) is 12.4 Å². The van der Waals surface area contributed by atoms with Crippen LogP contribution in [0.2, 0.25) is 5.02 Å². The van der Waals surface area contributed by atoms with Gasteiger partial charge in [-0.15, -0.1) is 0 Å². The highest BCUT2D eigenvalue weighted by atomic mass is 35.5. The van der Waals surface area contributed by atoms with Crippen molar-refractivity contribution in [3.63, 3.8) is 0 Å². The van der Waals surface area contributed by atoms with Crippen molar-refractivity contribution in [1.29, 1.82) is 0 Å². The molecule has 0 atom stereocenters. The Hall–Kier alpha value is -2.56. The first-order valence-electron chi connectivity index (χ1n) is 10.6. The van der Waals surface area contributed by atoms with Crippen LogP contribution in [0.5, 0.6) is 5.75 Å². The van der Waals surface area contributed by atoms with Gasteiger partial charge in [-0.3, -0.25) is 4.79 Å². The number of benzene rings is 3. The van der Waals surface area contributed by atoms with Crippen molar-refractivity contribution < 1.29 is 9.53 Å². The summed E-state index contributed by atoms with van der Waals surface area (Å²) in [4.78, 5) is 13.7. The average Bonchev–Trinajstić information content (AvgIpc) is 3.18. The van der Waals surface area contributed by atoms with E-state index >= 15 is 0 Å². The molecule has 0 saturated carbocycles. The molecule has 1 heterocycles. The van der Waals surface area contributed by atoms with Crippen molar-refractivity contribution in [1.82, 2.24) is 10.2 Å². The molecule has 156 valence electrons. The Balaban J connectivity index is 1.40. The minimum atomic E-state index is 0.293. The van der Waals surface area contributed by atoms with Crippen LogP contribution >= 0.6 is 11.6 Å². The fourth-order valence-electron chi connectivity index (χ4n) is 3.92. The van der Waals surface area contributed by atoms with E-state index in [-0.39, 0.29) is 0 Å². The number of carbonyl (C=O) groups is 1. The van der Waals surface area contributed by atoms with Gasteiger partial charge in [-0.1, -0.05) is 54.1 Å². The number of nitrogens with one attached hydrogen (secondary N) is 1. The zero-order valence-corrected chi connectivity index (χ0v) is 17.8. The van der Waals surface area contributed by atoms with E-state index in [1.807, 2.05) is 29.2 Å². The monoisotopic (exact) mass is 422 g/mol. The number of ether oxygens (including phenoxy) is 1. The summed E-state index contributed by atoms with van der Waals surface area (Å²) in [6, 6.07) is 20.3. The van der Waals surface area contributed by atoms with E-state index in [0.29, 0.717) is 18.9 Å². The van der Waals surface area contributed by atoms with E-state index in [9.17, 15) is 4.79 Å². The Bertz CT molecular complexity index is 1000. The molecule has 4 rings (SSSR count). The molecule has 0 unspecified atom stereocenters. The highest BCUT2D eigenvalue weighted by molar-refractivity contribution is 6.30. The lowest BCUT2D eigenvalue weighted by atomic mass is 10.0. The molecule has 0 aliphatic carbocycles. The Morgan fingerprint density at radius 1 is 1.03 bits per heavy atom. The number of hydrogen-bond acceptors (Lipinski definition) is 3. The van der Waals surface area contributed by atoms with Gasteiger partial charge in [-0.05, 0) is 53.9 Å². The molecule has 1 N–H and O–H groups in total. The van der Waals surface area contributed by atoms with Crippen LogP contribution in [-0.2, 0) is 17.9 Å². The topological polar surface area (TPSA) is 41.6 Å². The molecule has 1 aliphatic rings. The van der Waals surface area contributed by atoms with Crippen LogP contribution in [0.3, 0.4) is 0 Å². The van der Waals surface area contributed by atoms with E-state index in [2.05, 4.69) is 41.7 Å². The molecule has 5 heteroatoms. The quantitative estimate of drug-likeness (QED) is 0.483. The van der Waals surface area contributed by atoms with Crippen molar-refractivity contribution in [2.24, 2.45) is 0 Å². The van der Waals surface area contributed by atoms with Gasteiger partial charge >= 0.3 is 0 Å². The lowest BCUT2D eigenvalue weighted by Gasteiger charge is -2.17. The van der Waals surface area contributed by atoms with Gasteiger partial charge in [0.25, 0.3) is 0 Å². The smallest absolute Gasteiger partial charge is 0.222 e. The molecule has 0 spiro atoms. The van der Waals surface area contributed by atoms with Crippen molar-refractivity contribution in [3.8, 4) is 5.75 Å². The maximum absolute atomic E-state index is 11.7. The Morgan fingerprint density at radius 2 is 1.87 bits per heavy atom. The SMILES string of the molecule is O=C1CCCN1CCCNCc1c(OCc2ccc(Cl)cc2)ccc2ccccc12. The van der Waals surface area contributed by atoms with Crippen molar-refractivity contribution in [2.75, 3.05) is 19.6 Å². The van der Waals surface area contributed by atoms with Crippen LogP contribution in [0.4, 0.5) is 0 Å². The van der Waals surface area contributed by atoms with Crippen LogP contribution < -0.4 is 10.1 Å². The molecule has 30 heavy (non-hydrogen) atoms. The highest BCUT2D eigenvalue weighted by Gasteiger charge is 2.19. The summed E-state index contributed by atoms with van der Waals surface area (Å²) in [5.41, 5.74) is 2.25. The van der Waals surface area contributed by atoms with E-state index in [1.54, 1.807) is 0 Å². The van der Waals surface area contributed by atoms with Gasteiger partial charge in [-0.25, -0.2) is 0 Å². The fraction of sp³-hybridized carbons (Fsp3) is 0.320. The Kier molecular flexibility index (Phi) is 6.88. The molecule has 3 aromatic carbocycles. The van der Waals surface area contributed by atoms with Crippen molar-refractivity contribution in [2.45, 2.75) is 32.4 Å². The second-order valence-electron chi connectivity index (χ2n) is 7.69. The molecule has 1 saturated heterocycles. The molecule has 1 amide bonds. The highest BCUT2D eigenvalue weighted by Crippen LogP contribution is 2.29. The summed E-state index contributed by atoms with van der Waals surface area (Å²) >= 11 is 5.98. The summed E-state index contributed by atoms with van der Waals surface area (Å²) in [6.07, 6.45) is 2.66. The molecule has 4 nitrogen and oxygen atoms in total. The van der Waals surface area contributed by atoms with Gasteiger partial charge in [0.2, 0.25) is 5.91 Å². The minimum absolute atomic E-state index is 0.293. The van der Waals surface area contributed by atoms with Crippen LogP contribution in [-0.4, -0.2) is 30.4 Å². The van der Waals surface area contributed by atoms with Gasteiger partial charge in [-0.2, -0.15) is 0 Å². The third kappa shape index (κ3) is 5.13. The number of rotatable bonds is 9. The van der Waals surface area contributed by atoms with Gasteiger partial charge in [0.15, 0.2) is 0 Å². The maximum atomic E-state index is 11.7. The summed E-state index contributed by atoms with van der Waals surface area (Å²) in [5.74, 6) is 1.19. The molecule has 0 radical (unpaired) electrons. The van der Waals surface area contributed by atoms with E-state index in [0.717, 1.165) is 55.4 Å². The molecule has 1 fully saturated rings. The molecule has 0 bridgehead atoms. The number of hydrogen-bond donors (Lipinski definition) is 1. The minimum Gasteiger partial charge on any atom is -0.489 e. The number of carbonyl (C=O) groups excluding carboxylic acids is 1. The van der Waals surface area contributed by atoms with Crippen molar-refractivity contribution >= 4 is 28.3 Å². The second kappa shape index (κ2) is 9.96. The summed E-state index contributed by atoms with van der Waals surface area (Å²) in [6.45, 7) is 3.83. The van der Waals surface area contributed by atoms with E-state index in [1.165, 1.54) is 16.3 Å². The first-order valence-corrected chi connectivity index (χ1v) is 10.9. The molecule has 0 aromatic heterocycles. The number of nitrogens with zero attached hydrogens (tertiary/aromatic N) is 1. The standard InChI is InChI=1S/C25H27ClN2O2/c26-21-11-8-19(9-12-21)18-30-24-13-10-20-5-1-2-6-22(20)23(24)17-27-14-4-16-28-15-3-7-25(28)29/h1-2,5-6,8-13,27H,3-4,7,14-18H2. The largest absolute Gasteiger partial charge is 0.489 e. The fourth-order valence-corrected chi connectivity index (χ4v) is 4.05. The van der Waals surface area contributed by atoms with Crippen LogP contribution in [0.1, 0.15) is 30.4 Å². The number of likely N-dealkylation sites (tertiary alicyclic amines) is 1. The maximum Gasteiger partial charge on any atom is 0.222 e. The predicted octanol–water partition coefficient (Wildman–Crippen LogP) is 5.17. The van der Waals surface area contributed by atoms with Gasteiger partial charge in [0, 0.05) is 36.6 Å². The summed E-state index contributed by atoms with van der Waals surface area (Å²) in [7, 11) is 0. The van der Waals surface area contributed by atoms with E-state index < -0.39 is 0 Å². The molecular weight excluding hydrogens is 396 g/mol. The predicted molar refractivity (Wildman–Crippen MR) is 122 cm³/mol. The third-order valence-corrected chi connectivity index (χ3v) is 5.81. The van der Waals surface area contributed by atoms with Gasteiger partial charge < -0.3 is 15.0 Å². The van der Waals surface area contributed by atoms with Gasteiger partial charge in [0.05, 0.1) is 0 Å². The number of halogens is 1. The Morgan fingerprint density at radius 3 is 2.67 bits per heavy atom. The summed E-state index contributed by atoms with van der Waals surface area (Å²) < 4.78 is 6.19. The van der Waals surface area contributed by atoms with Crippen LogP contribution in [0.15, 0.2) is 60.7 Å². The zero-order valence-electron chi connectivity index (χ0n) is 17.1. The number of fused-ring (bicyclic) bond motifs is 1. The lowest BCUT2D eigenvalue weighted by molar-refractivity contribution is -0.127. The second-order valence-corrected chi connectivity index (χ2v) is 8.13. The van der Waals surface area contributed by atoms with Crippen molar-refractivity contribution in [3.05, 3.63) is 76.8 Å². The van der Waals surface area contributed by atoms with Crippen LogP contribution in [0.25, 0.3) is 10.8 Å². The first kappa shape index (κ1) is 20.7. The molecule has 1 aliphatic heterocycles. The lowest BCUT2D eigenvalue weighted by Crippen LogP contribution is -2.28. The van der Waals surface area contributed by atoms with Crippen LogP contribution in [0, 0.1) is 0 Å². The first-order chi connectivity index (χ1) is 14.7. The molecular formula is C25H27ClN2O2.